The average molecular weight is 655 g/mol. The Kier molecular flexibility index (Phi) is 9.35. The van der Waals surface area contributed by atoms with Crippen molar-refractivity contribution in [2.75, 3.05) is 0 Å². The molecule has 4 aromatic carbocycles. The van der Waals surface area contributed by atoms with Crippen LogP contribution in [0.3, 0.4) is 0 Å². The molecule has 0 aromatic heterocycles. The minimum absolute atomic E-state index is 0.0569. The zero-order chi connectivity index (χ0) is 35.6. The maximum absolute atomic E-state index is 13.2. The number of fused-ring (bicyclic) bond motifs is 3. The van der Waals surface area contributed by atoms with Crippen molar-refractivity contribution in [2.24, 2.45) is 0 Å². The molecule has 0 unspecified atom stereocenters. The van der Waals surface area contributed by atoms with Gasteiger partial charge in [0.1, 0.15) is 23.0 Å². The molecular weight excluding hydrogens is 620 g/mol. The molecule has 1 aliphatic rings. The lowest BCUT2D eigenvalue weighted by molar-refractivity contribution is -0.131. The zero-order valence-electron chi connectivity index (χ0n) is 27.7. The number of benzene rings is 4. The molecule has 8 heteroatoms. The van der Waals surface area contributed by atoms with Crippen LogP contribution in [-0.2, 0) is 24.6 Å². The summed E-state index contributed by atoms with van der Waals surface area (Å²) in [5.41, 5.74) is 3.52. The zero-order valence-corrected chi connectivity index (χ0v) is 27.7. The summed E-state index contributed by atoms with van der Waals surface area (Å²) in [6.45, 7) is 20.9. The van der Waals surface area contributed by atoms with Crippen molar-refractivity contribution < 1.29 is 38.1 Å². The van der Waals surface area contributed by atoms with Crippen LogP contribution in [0, 0.1) is 0 Å². The first-order chi connectivity index (χ1) is 23.2. The molecule has 0 heterocycles. The Hall–Kier alpha value is -6.28. The molecule has 0 saturated carbocycles. The third-order valence-corrected chi connectivity index (χ3v) is 7.89. The van der Waals surface area contributed by atoms with Gasteiger partial charge in [0.25, 0.3) is 0 Å². The Labute approximate surface area is 284 Å². The molecule has 0 N–H and O–H groups in total. The van der Waals surface area contributed by atoms with Gasteiger partial charge in [-0.1, -0.05) is 87.0 Å². The highest BCUT2D eigenvalue weighted by atomic mass is 16.6. The topological polar surface area (TPSA) is 105 Å². The molecule has 49 heavy (non-hydrogen) atoms. The lowest BCUT2D eigenvalue weighted by Gasteiger charge is -2.36. The van der Waals surface area contributed by atoms with E-state index in [1.807, 2.05) is 48.5 Å². The Morgan fingerprint density at radius 2 is 0.776 bits per heavy atom. The van der Waals surface area contributed by atoms with E-state index in [2.05, 4.69) is 26.3 Å². The SMILES string of the molecule is C=C(C)C(=O)Oc1ccc(C2(c3ccc(OC(=O)C(=C)C)cc3OC(=O)C(=C)C)c3ccccc3-c3ccccc32)c(OC(=O)C(=C)C)c1. The van der Waals surface area contributed by atoms with Crippen LogP contribution in [0.15, 0.2) is 134 Å². The molecule has 0 amide bonds. The van der Waals surface area contributed by atoms with Gasteiger partial charge in [0.05, 0.1) is 5.41 Å². The second-order valence-corrected chi connectivity index (χ2v) is 11.8. The van der Waals surface area contributed by atoms with Crippen molar-refractivity contribution in [3.05, 3.63) is 156 Å². The van der Waals surface area contributed by atoms with Crippen LogP contribution < -0.4 is 18.9 Å². The van der Waals surface area contributed by atoms with Crippen LogP contribution in [0.2, 0.25) is 0 Å². The molecule has 0 bridgehead atoms. The monoisotopic (exact) mass is 654 g/mol. The Bertz CT molecular complexity index is 1960. The summed E-state index contributed by atoms with van der Waals surface area (Å²) in [6, 6.07) is 24.9. The standard InChI is InChI=1S/C41H34O8/c1-23(2)37(42)46-27-17-19-33(35(21-27)48-39(44)25(5)6)41(31-15-11-9-13-29(31)30-14-10-12-16-32(30)41)34-20-18-28(47-38(43)24(3)4)22-36(34)49-40(45)26(7)8/h9-22H,1,3,5,7H2,2,4,6,8H3. The Morgan fingerprint density at radius 3 is 1.12 bits per heavy atom. The average Bonchev–Trinajstić information content (AvgIpc) is 3.35. The van der Waals surface area contributed by atoms with Crippen LogP contribution in [-0.4, -0.2) is 23.9 Å². The lowest BCUT2D eigenvalue weighted by Crippen LogP contribution is -2.31. The van der Waals surface area contributed by atoms with Crippen molar-refractivity contribution in [1.82, 2.24) is 0 Å². The van der Waals surface area contributed by atoms with E-state index >= 15 is 0 Å². The third-order valence-electron chi connectivity index (χ3n) is 7.89. The lowest BCUT2D eigenvalue weighted by atomic mass is 9.67. The van der Waals surface area contributed by atoms with E-state index in [9.17, 15) is 19.2 Å². The molecule has 8 nitrogen and oxygen atoms in total. The summed E-state index contributed by atoms with van der Waals surface area (Å²) in [7, 11) is 0. The highest BCUT2D eigenvalue weighted by Gasteiger charge is 2.49. The van der Waals surface area contributed by atoms with Gasteiger partial charge < -0.3 is 18.9 Å². The van der Waals surface area contributed by atoms with Crippen molar-refractivity contribution in [3.63, 3.8) is 0 Å². The van der Waals surface area contributed by atoms with E-state index in [1.54, 1.807) is 24.3 Å². The minimum Gasteiger partial charge on any atom is -0.423 e. The first kappa shape index (κ1) is 34.1. The normalized spacial score (nSPS) is 12.1. The molecule has 5 rings (SSSR count). The van der Waals surface area contributed by atoms with Gasteiger partial charge in [0, 0.05) is 45.6 Å². The summed E-state index contributed by atoms with van der Waals surface area (Å²) >= 11 is 0. The molecule has 0 saturated heterocycles. The van der Waals surface area contributed by atoms with E-state index in [1.165, 1.54) is 39.8 Å². The summed E-state index contributed by atoms with van der Waals surface area (Å²) in [5.74, 6) is -2.43. The van der Waals surface area contributed by atoms with Gasteiger partial charge >= 0.3 is 23.9 Å². The van der Waals surface area contributed by atoms with E-state index in [-0.39, 0.29) is 45.3 Å². The van der Waals surface area contributed by atoms with Crippen molar-refractivity contribution in [2.45, 2.75) is 33.1 Å². The second kappa shape index (κ2) is 13.4. The molecular formula is C41H34O8. The number of esters is 4. The summed E-state index contributed by atoms with van der Waals surface area (Å²) < 4.78 is 23.1. The highest BCUT2D eigenvalue weighted by Crippen LogP contribution is 2.60. The van der Waals surface area contributed by atoms with Crippen molar-refractivity contribution in [1.29, 1.82) is 0 Å². The molecule has 0 fully saturated rings. The van der Waals surface area contributed by atoms with Gasteiger partial charge in [0.2, 0.25) is 0 Å². The van der Waals surface area contributed by atoms with E-state index in [0.717, 1.165) is 22.3 Å². The number of carbonyl (C=O) groups is 4. The summed E-state index contributed by atoms with van der Waals surface area (Å²) in [6.07, 6.45) is 0. The molecule has 0 radical (unpaired) electrons. The summed E-state index contributed by atoms with van der Waals surface area (Å²) in [4.78, 5) is 51.4. The fraction of sp³-hybridized carbons (Fsp3) is 0.122. The van der Waals surface area contributed by atoms with Gasteiger partial charge in [-0.05, 0) is 62.1 Å². The summed E-state index contributed by atoms with van der Waals surface area (Å²) in [5, 5.41) is 0. The van der Waals surface area contributed by atoms with Gasteiger partial charge in [0.15, 0.2) is 0 Å². The second-order valence-electron chi connectivity index (χ2n) is 11.8. The van der Waals surface area contributed by atoms with Gasteiger partial charge in [-0.15, -0.1) is 0 Å². The predicted octanol–water partition coefficient (Wildman–Crippen LogP) is 7.98. The van der Waals surface area contributed by atoms with Crippen LogP contribution >= 0.6 is 0 Å². The van der Waals surface area contributed by atoms with Crippen molar-refractivity contribution >= 4 is 23.9 Å². The molecule has 0 spiro atoms. The van der Waals surface area contributed by atoms with Crippen LogP contribution in [0.5, 0.6) is 23.0 Å². The Morgan fingerprint density at radius 1 is 0.449 bits per heavy atom. The quantitative estimate of drug-likeness (QED) is 0.0848. The van der Waals surface area contributed by atoms with E-state index in [4.69, 9.17) is 18.9 Å². The third kappa shape index (κ3) is 6.36. The van der Waals surface area contributed by atoms with Crippen LogP contribution in [0.4, 0.5) is 0 Å². The maximum atomic E-state index is 13.2. The largest absolute Gasteiger partial charge is 0.423 e. The van der Waals surface area contributed by atoms with Crippen LogP contribution in [0.1, 0.15) is 49.9 Å². The number of rotatable bonds is 10. The van der Waals surface area contributed by atoms with E-state index in [0.29, 0.717) is 11.1 Å². The van der Waals surface area contributed by atoms with Crippen molar-refractivity contribution in [3.8, 4) is 34.1 Å². The molecule has 1 aliphatic carbocycles. The number of ether oxygens (including phenoxy) is 4. The number of carbonyl (C=O) groups excluding carboxylic acids is 4. The number of hydrogen-bond donors (Lipinski definition) is 0. The minimum atomic E-state index is -1.31. The first-order valence-corrected chi connectivity index (χ1v) is 15.2. The molecule has 0 atom stereocenters. The molecule has 246 valence electrons. The first-order valence-electron chi connectivity index (χ1n) is 15.2. The van der Waals surface area contributed by atoms with Gasteiger partial charge in [-0.3, -0.25) is 0 Å². The number of hydrogen-bond acceptors (Lipinski definition) is 8. The molecule has 4 aromatic rings. The van der Waals surface area contributed by atoms with Gasteiger partial charge in [-0.2, -0.15) is 0 Å². The van der Waals surface area contributed by atoms with Gasteiger partial charge in [-0.25, -0.2) is 19.2 Å². The van der Waals surface area contributed by atoms with Crippen LogP contribution in [0.25, 0.3) is 11.1 Å². The molecule has 0 aliphatic heterocycles. The predicted molar refractivity (Wildman–Crippen MR) is 186 cm³/mol. The Balaban J connectivity index is 1.91. The maximum Gasteiger partial charge on any atom is 0.338 e. The van der Waals surface area contributed by atoms with E-state index < -0.39 is 29.3 Å². The smallest absolute Gasteiger partial charge is 0.338 e. The fourth-order valence-electron chi connectivity index (χ4n) is 5.64. The fourth-order valence-corrected chi connectivity index (χ4v) is 5.64. The highest BCUT2D eigenvalue weighted by molar-refractivity contribution is 5.93.